The highest BCUT2D eigenvalue weighted by molar-refractivity contribution is 7.80. The molecule has 0 radical (unpaired) electrons. The Morgan fingerprint density at radius 2 is 1.76 bits per heavy atom. The van der Waals surface area contributed by atoms with Crippen LogP contribution in [0.15, 0.2) is 78.4 Å². The largest absolute Gasteiger partial charge is 0.329 e. The summed E-state index contributed by atoms with van der Waals surface area (Å²) < 4.78 is 2.12. The van der Waals surface area contributed by atoms with Crippen LogP contribution in [-0.2, 0) is 13.0 Å². The van der Waals surface area contributed by atoms with E-state index in [-0.39, 0.29) is 0 Å². The first-order chi connectivity index (χ1) is 17.6. The van der Waals surface area contributed by atoms with Gasteiger partial charge in [-0.3, -0.25) is 4.68 Å². The number of rotatable bonds is 12. The molecule has 0 saturated carbocycles. The Kier molecular flexibility index (Phi) is 12.8. The van der Waals surface area contributed by atoms with E-state index < -0.39 is 0 Å². The monoisotopic (exact) mass is 517 g/mol. The van der Waals surface area contributed by atoms with E-state index in [0.29, 0.717) is 0 Å². The summed E-state index contributed by atoms with van der Waals surface area (Å²) >= 11 is 4.37. The minimum absolute atomic E-state index is 0.780. The van der Waals surface area contributed by atoms with Crippen LogP contribution in [0.3, 0.4) is 0 Å². The molecule has 1 aromatic heterocycles. The molecule has 0 saturated heterocycles. The number of allylic oxidation sites excluding steroid dienone is 2. The molecule has 37 heavy (non-hydrogen) atoms. The molecule has 0 unspecified atom stereocenters. The van der Waals surface area contributed by atoms with E-state index in [0.717, 1.165) is 67.5 Å². The van der Waals surface area contributed by atoms with Crippen LogP contribution < -0.4 is 4.90 Å². The van der Waals surface area contributed by atoms with Gasteiger partial charge < -0.3 is 4.90 Å². The molecule has 0 N–H and O–H groups in total. The third kappa shape index (κ3) is 10.3. The molecule has 0 aliphatic rings. The minimum atomic E-state index is 0.780. The fourth-order valence-corrected chi connectivity index (χ4v) is 4.29. The molecule has 4 heteroatoms. The molecule has 0 amide bonds. The van der Waals surface area contributed by atoms with E-state index in [1.165, 1.54) is 27.9 Å². The third-order valence-corrected chi connectivity index (χ3v) is 6.83. The Morgan fingerprint density at radius 1 is 1.05 bits per heavy atom. The van der Waals surface area contributed by atoms with Crippen LogP contribution in [0.4, 0.5) is 5.82 Å². The second-order valence-corrected chi connectivity index (χ2v) is 10.9. The van der Waals surface area contributed by atoms with Crippen molar-refractivity contribution >= 4 is 18.4 Å². The second kappa shape index (κ2) is 15.5. The predicted octanol–water partition coefficient (Wildman–Crippen LogP) is 9.12. The van der Waals surface area contributed by atoms with Crippen LogP contribution >= 0.6 is 12.6 Å². The standard InChI is InChI=1S/C27H35N3S.C6H12/c1-6-22(4)29(16-8-7-9-24-12-14-26(31)15-13-24)27-18-23(5)30(28-27)19-25-17-20(2)10-11-21(25)3;1-4-5-6(2)3/h10-15,17-18,31H,4,6-9,16,19H2,1-3,5H3;4,6H,1,5H2,2-3H3. The number of unbranched alkanes of at least 4 members (excludes halogenated alkanes) is 1. The fourth-order valence-electron chi connectivity index (χ4n) is 4.14. The maximum absolute atomic E-state index is 4.97. The summed E-state index contributed by atoms with van der Waals surface area (Å²) in [6, 6.07) is 17.3. The van der Waals surface area contributed by atoms with Crippen molar-refractivity contribution in [1.29, 1.82) is 0 Å². The molecule has 0 spiro atoms. The average molecular weight is 518 g/mol. The minimum Gasteiger partial charge on any atom is -0.329 e. The Labute approximate surface area is 231 Å². The zero-order valence-electron chi connectivity index (χ0n) is 23.9. The molecular formula is C33H47N3S. The lowest BCUT2D eigenvalue weighted by Gasteiger charge is -2.24. The lowest BCUT2D eigenvalue weighted by Crippen LogP contribution is -2.23. The summed E-state index contributed by atoms with van der Waals surface area (Å²) in [7, 11) is 0. The van der Waals surface area contributed by atoms with Gasteiger partial charge in [0.2, 0.25) is 0 Å². The van der Waals surface area contributed by atoms with E-state index in [1.807, 2.05) is 6.08 Å². The van der Waals surface area contributed by atoms with Crippen molar-refractivity contribution in [2.24, 2.45) is 5.92 Å². The second-order valence-electron chi connectivity index (χ2n) is 10.3. The van der Waals surface area contributed by atoms with Gasteiger partial charge in [0.25, 0.3) is 0 Å². The molecule has 0 atom stereocenters. The third-order valence-electron chi connectivity index (χ3n) is 6.53. The van der Waals surface area contributed by atoms with Crippen molar-refractivity contribution < 1.29 is 0 Å². The average Bonchev–Trinajstić information content (AvgIpc) is 3.22. The number of hydrogen-bond acceptors (Lipinski definition) is 3. The molecule has 2 aromatic carbocycles. The molecule has 3 rings (SSSR count). The first-order valence-electron chi connectivity index (χ1n) is 13.6. The quantitative estimate of drug-likeness (QED) is 0.147. The van der Waals surface area contributed by atoms with Crippen LogP contribution in [-0.4, -0.2) is 16.3 Å². The smallest absolute Gasteiger partial charge is 0.155 e. The van der Waals surface area contributed by atoms with E-state index in [2.05, 4.69) is 125 Å². The summed E-state index contributed by atoms with van der Waals surface area (Å²) in [5, 5.41) is 4.97. The highest BCUT2D eigenvalue weighted by atomic mass is 32.1. The first kappa shape index (κ1) is 30.5. The highest BCUT2D eigenvalue weighted by Gasteiger charge is 2.15. The van der Waals surface area contributed by atoms with Gasteiger partial charge >= 0.3 is 0 Å². The SMILES string of the molecule is C=C(CC)N(CCCCc1ccc(S)cc1)c1cc(C)n(Cc2cc(C)ccc2C)n1.C=CCC(C)C. The molecule has 0 aliphatic heterocycles. The Bertz CT molecular complexity index is 1120. The Balaban J connectivity index is 0.000000717. The maximum atomic E-state index is 4.97. The van der Waals surface area contributed by atoms with Crippen LogP contribution in [0, 0.1) is 26.7 Å². The van der Waals surface area contributed by atoms with Gasteiger partial charge in [-0.05, 0) is 87.6 Å². The van der Waals surface area contributed by atoms with Gasteiger partial charge in [0.15, 0.2) is 5.82 Å². The van der Waals surface area contributed by atoms with Crippen LogP contribution in [0.5, 0.6) is 0 Å². The Hall–Kier alpha value is -2.72. The first-order valence-corrected chi connectivity index (χ1v) is 14.0. The van der Waals surface area contributed by atoms with Gasteiger partial charge in [-0.1, -0.05) is 69.3 Å². The molecule has 200 valence electrons. The fraction of sp³-hybridized carbons (Fsp3) is 0.424. The zero-order chi connectivity index (χ0) is 27.4. The molecule has 0 bridgehead atoms. The zero-order valence-corrected chi connectivity index (χ0v) is 24.8. The lowest BCUT2D eigenvalue weighted by molar-refractivity contribution is 0.650. The van der Waals surface area contributed by atoms with E-state index in [1.54, 1.807) is 0 Å². The van der Waals surface area contributed by atoms with Crippen molar-refractivity contribution in [3.63, 3.8) is 0 Å². The van der Waals surface area contributed by atoms with E-state index >= 15 is 0 Å². The van der Waals surface area contributed by atoms with Gasteiger partial charge in [-0.15, -0.1) is 19.2 Å². The summed E-state index contributed by atoms with van der Waals surface area (Å²) in [6.07, 6.45) is 7.34. The number of nitrogens with zero attached hydrogens (tertiary/aromatic N) is 3. The molecule has 0 fully saturated rings. The van der Waals surface area contributed by atoms with Gasteiger partial charge in [-0.2, -0.15) is 5.10 Å². The van der Waals surface area contributed by atoms with Gasteiger partial charge in [0.1, 0.15) is 0 Å². The van der Waals surface area contributed by atoms with Gasteiger partial charge in [-0.25, -0.2) is 0 Å². The van der Waals surface area contributed by atoms with Crippen molar-refractivity contribution in [3.8, 4) is 0 Å². The van der Waals surface area contributed by atoms with E-state index in [9.17, 15) is 0 Å². The number of anilines is 1. The van der Waals surface area contributed by atoms with Crippen molar-refractivity contribution in [2.75, 3.05) is 11.4 Å². The number of hydrogen-bond donors (Lipinski definition) is 1. The number of benzene rings is 2. The van der Waals surface area contributed by atoms with Crippen LogP contribution in [0.25, 0.3) is 0 Å². The van der Waals surface area contributed by atoms with Crippen molar-refractivity contribution in [3.05, 3.63) is 101 Å². The summed E-state index contributed by atoms with van der Waals surface area (Å²) in [5.74, 6) is 1.79. The lowest BCUT2D eigenvalue weighted by atomic mass is 10.1. The molecule has 3 nitrogen and oxygen atoms in total. The highest BCUT2D eigenvalue weighted by Crippen LogP contribution is 2.23. The number of thiol groups is 1. The van der Waals surface area contributed by atoms with Crippen molar-refractivity contribution in [1.82, 2.24) is 9.78 Å². The normalized spacial score (nSPS) is 10.7. The van der Waals surface area contributed by atoms with Crippen molar-refractivity contribution in [2.45, 2.75) is 85.1 Å². The summed E-state index contributed by atoms with van der Waals surface area (Å²) in [4.78, 5) is 3.31. The summed E-state index contributed by atoms with van der Waals surface area (Å²) in [6.45, 7) is 22.6. The predicted molar refractivity (Wildman–Crippen MR) is 165 cm³/mol. The summed E-state index contributed by atoms with van der Waals surface area (Å²) in [5.41, 5.74) is 7.59. The van der Waals surface area contributed by atoms with Gasteiger partial charge in [0, 0.05) is 28.9 Å². The molecule has 1 heterocycles. The van der Waals surface area contributed by atoms with E-state index in [4.69, 9.17) is 5.10 Å². The maximum Gasteiger partial charge on any atom is 0.155 e. The Morgan fingerprint density at radius 3 is 2.35 bits per heavy atom. The molecular weight excluding hydrogens is 470 g/mol. The van der Waals surface area contributed by atoms with Crippen LogP contribution in [0.1, 0.15) is 74.4 Å². The van der Waals surface area contributed by atoms with Gasteiger partial charge in [0.05, 0.1) is 6.54 Å². The number of aromatic nitrogens is 2. The topological polar surface area (TPSA) is 21.1 Å². The number of aryl methyl sites for hydroxylation is 4. The molecule has 0 aliphatic carbocycles. The van der Waals surface area contributed by atoms with Crippen LogP contribution in [0.2, 0.25) is 0 Å². The molecule has 3 aromatic rings.